The first-order valence-corrected chi connectivity index (χ1v) is 6.53. The van der Waals surface area contributed by atoms with Crippen LogP contribution in [0.1, 0.15) is 29.9 Å². The molecule has 3 nitrogen and oxygen atoms in total. The molecule has 0 saturated carbocycles. The number of benzene rings is 1. The molecule has 1 unspecified atom stereocenters. The lowest BCUT2D eigenvalue weighted by Crippen LogP contribution is -2.16. The van der Waals surface area contributed by atoms with Crippen LogP contribution in [0.2, 0.25) is 0 Å². The minimum absolute atomic E-state index is 0.475. The van der Waals surface area contributed by atoms with Crippen LogP contribution in [0, 0.1) is 0 Å². The van der Waals surface area contributed by atoms with Gasteiger partial charge < -0.3 is 11.6 Å². The van der Waals surface area contributed by atoms with E-state index in [1.54, 1.807) is 11.8 Å². The summed E-state index contributed by atoms with van der Waals surface area (Å²) in [7, 11) is 0. The van der Waals surface area contributed by atoms with Crippen molar-refractivity contribution in [3.63, 3.8) is 0 Å². The first-order chi connectivity index (χ1) is 7.81. The first-order valence-electron chi connectivity index (χ1n) is 5.55. The van der Waals surface area contributed by atoms with Crippen molar-refractivity contribution in [3.05, 3.63) is 35.4 Å². The fraction of sp³-hybridized carbons (Fsp3) is 0.417. The van der Waals surface area contributed by atoms with Crippen LogP contribution in [0.3, 0.4) is 0 Å². The number of nitrogens with zero attached hydrogens (tertiary/aromatic N) is 1. The van der Waals surface area contributed by atoms with Gasteiger partial charge in [-0.1, -0.05) is 36.0 Å². The average Bonchev–Trinajstić information content (AvgIpc) is 2.35. The van der Waals surface area contributed by atoms with Crippen molar-refractivity contribution >= 4 is 16.9 Å². The summed E-state index contributed by atoms with van der Waals surface area (Å²) in [5.74, 6) is 6.69. The number of aryl methyl sites for hydroxylation is 1. The van der Waals surface area contributed by atoms with E-state index in [0.717, 1.165) is 5.75 Å². The van der Waals surface area contributed by atoms with Crippen LogP contribution in [0.4, 0.5) is 0 Å². The van der Waals surface area contributed by atoms with Gasteiger partial charge in [0.15, 0.2) is 5.17 Å². The highest BCUT2D eigenvalue weighted by Gasteiger charge is 2.19. The summed E-state index contributed by atoms with van der Waals surface area (Å²) in [6, 6.07) is 8.69. The molecule has 4 heteroatoms. The molecule has 0 spiro atoms. The van der Waals surface area contributed by atoms with E-state index in [2.05, 4.69) is 29.4 Å². The molecule has 1 aromatic rings. The molecule has 1 aliphatic rings. The minimum atomic E-state index is 0.475. The smallest absolute Gasteiger partial charge is 0.177 e. The zero-order valence-corrected chi connectivity index (χ0v) is 10.0. The van der Waals surface area contributed by atoms with E-state index in [-0.39, 0.29) is 0 Å². The van der Waals surface area contributed by atoms with Crippen LogP contribution in [0.25, 0.3) is 0 Å². The van der Waals surface area contributed by atoms with Crippen molar-refractivity contribution in [1.29, 1.82) is 0 Å². The molecule has 86 valence electrons. The molecule has 1 aliphatic carbocycles. The van der Waals surface area contributed by atoms with Crippen molar-refractivity contribution < 1.29 is 0 Å². The number of amidine groups is 1. The fourth-order valence-electron chi connectivity index (χ4n) is 2.25. The average molecular weight is 235 g/mol. The summed E-state index contributed by atoms with van der Waals surface area (Å²) >= 11 is 1.55. The molecule has 16 heavy (non-hydrogen) atoms. The highest BCUT2D eigenvalue weighted by atomic mass is 32.2. The first kappa shape index (κ1) is 11.3. The highest BCUT2D eigenvalue weighted by molar-refractivity contribution is 8.13. The predicted molar refractivity (Wildman–Crippen MR) is 70.4 cm³/mol. The Labute approximate surface area is 100 Å². The van der Waals surface area contributed by atoms with Gasteiger partial charge in [-0.15, -0.1) is 0 Å². The summed E-state index contributed by atoms with van der Waals surface area (Å²) < 4.78 is 0. The Hall–Kier alpha value is -1.16. The van der Waals surface area contributed by atoms with Gasteiger partial charge in [0, 0.05) is 5.75 Å². The molecule has 0 aliphatic heterocycles. The topological polar surface area (TPSA) is 64.4 Å². The second-order valence-electron chi connectivity index (χ2n) is 4.07. The molecule has 1 aromatic carbocycles. The molecule has 0 saturated heterocycles. The zero-order valence-electron chi connectivity index (χ0n) is 9.23. The second-order valence-corrected chi connectivity index (χ2v) is 5.11. The fourth-order valence-corrected chi connectivity index (χ4v) is 3.04. The van der Waals surface area contributed by atoms with Crippen molar-refractivity contribution in [1.82, 2.24) is 0 Å². The van der Waals surface area contributed by atoms with Gasteiger partial charge in [-0.2, -0.15) is 5.10 Å². The number of hydrazone groups is 1. The Bertz CT molecular complexity index is 390. The maximum absolute atomic E-state index is 5.60. The third kappa shape index (κ3) is 2.50. The summed E-state index contributed by atoms with van der Waals surface area (Å²) in [6.07, 6.45) is 3.71. The van der Waals surface area contributed by atoms with Crippen molar-refractivity contribution in [2.24, 2.45) is 16.7 Å². The maximum atomic E-state index is 5.60. The second kappa shape index (κ2) is 5.25. The molecular formula is C12H17N3S. The lowest BCUT2D eigenvalue weighted by atomic mass is 9.84. The zero-order chi connectivity index (χ0) is 11.4. The normalized spacial score (nSPS) is 20.5. The number of thioether (sulfide) groups is 1. The Morgan fingerprint density at radius 1 is 1.44 bits per heavy atom. The highest BCUT2D eigenvalue weighted by Crippen LogP contribution is 2.33. The van der Waals surface area contributed by atoms with Gasteiger partial charge in [-0.3, -0.25) is 0 Å². The van der Waals surface area contributed by atoms with Crippen LogP contribution < -0.4 is 11.6 Å². The van der Waals surface area contributed by atoms with E-state index >= 15 is 0 Å². The third-order valence-corrected chi connectivity index (χ3v) is 4.02. The van der Waals surface area contributed by atoms with E-state index in [0.29, 0.717) is 11.1 Å². The van der Waals surface area contributed by atoms with E-state index in [1.807, 2.05) is 0 Å². The Balaban J connectivity index is 2.07. The molecule has 1 atom stereocenters. The SMILES string of the molecule is NN=C(N)SCC1CCCc2ccccc21. The van der Waals surface area contributed by atoms with Gasteiger partial charge in [0.1, 0.15) is 0 Å². The Morgan fingerprint density at radius 2 is 2.25 bits per heavy atom. The Morgan fingerprint density at radius 3 is 3.06 bits per heavy atom. The minimum Gasteiger partial charge on any atom is -0.377 e. The summed E-state index contributed by atoms with van der Waals surface area (Å²) in [4.78, 5) is 0. The van der Waals surface area contributed by atoms with Crippen LogP contribution in [-0.2, 0) is 6.42 Å². The van der Waals surface area contributed by atoms with Crippen molar-refractivity contribution in [2.45, 2.75) is 25.2 Å². The van der Waals surface area contributed by atoms with E-state index in [1.165, 1.54) is 30.4 Å². The third-order valence-electron chi connectivity index (χ3n) is 3.05. The number of fused-ring (bicyclic) bond motifs is 1. The maximum Gasteiger partial charge on any atom is 0.177 e. The largest absolute Gasteiger partial charge is 0.377 e. The van der Waals surface area contributed by atoms with Crippen molar-refractivity contribution in [3.8, 4) is 0 Å². The molecule has 0 aromatic heterocycles. The van der Waals surface area contributed by atoms with E-state index < -0.39 is 0 Å². The summed E-state index contributed by atoms with van der Waals surface area (Å²) in [5.41, 5.74) is 8.56. The molecule has 4 N–H and O–H groups in total. The molecular weight excluding hydrogens is 218 g/mol. The molecule has 0 amide bonds. The van der Waals surface area contributed by atoms with Gasteiger partial charge in [0.05, 0.1) is 0 Å². The van der Waals surface area contributed by atoms with Crippen LogP contribution in [0.5, 0.6) is 0 Å². The lowest BCUT2D eigenvalue weighted by molar-refractivity contribution is 0.597. The molecule has 0 fully saturated rings. The Kier molecular flexibility index (Phi) is 3.72. The van der Waals surface area contributed by atoms with E-state index in [4.69, 9.17) is 11.6 Å². The predicted octanol–water partition coefficient (Wildman–Crippen LogP) is 2.03. The van der Waals surface area contributed by atoms with Gasteiger partial charge in [-0.05, 0) is 36.3 Å². The quantitative estimate of drug-likeness (QED) is 0.357. The lowest BCUT2D eigenvalue weighted by Gasteiger charge is -2.24. The number of nitrogens with two attached hydrogens (primary N) is 2. The van der Waals surface area contributed by atoms with Gasteiger partial charge in [0.2, 0.25) is 0 Å². The van der Waals surface area contributed by atoms with Crippen LogP contribution >= 0.6 is 11.8 Å². The molecule has 0 heterocycles. The molecule has 0 bridgehead atoms. The molecule has 0 radical (unpaired) electrons. The summed E-state index contributed by atoms with van der Waals surface area (Å²) in [6.45, 7) is 0. The van der Waals surface area contributed by atoms with Crippen LogP contribution in [0.15, 0.2) is 29.4 Å². The van der Waals surface area contributed by atoms with Gasteiger partial charge >= 0.3 is 0 Å². The standard InChI is InChI=1S/C12H17N3S/c13-12(15-14)16-8-10-6-3-5-9-4-1-2-7-11(9)10/h1-2,4,7,10H,3,5-6,8,14H2,(H2,13,15). The van der Waals surface area contributed by atoms with Gasteiger partial charge in [0.25, 0.3) is 0 Å². The summed E-state index contributed by atoms with van der Waals surface area (Å²) in [5, 5.41) is 3.96. The number of hydrogen-bond acceptors (Lipinski definition) is 3. The number of rotatable bonds is 2. The van der Waals surface area contributed by atoms with E-state index in [9.17, 15) is 0 Å². The monoisotopic (exact) mass is 235 g/mol. The molecule has 2 rings (SSSR count). The van der Waals surface area contributed by atoms with Crippen molar-refractivity contribution in [2.75, 3.05) is 5.75 Å². The number of hydrogen-bond donors (Lipinski definition) is 2. The van der Waals surface area contributed by atoms with Gasteiger partial charge in [-0.25, -0.2) is 0 Å². The van der Waals surface area contributed by atoms with Crippen LogP contribution in [-0.4, -0.2) is 10.9 Å².